The normalized spacial score (nSPS) is 19.3. The van der Waals surface area contributed by atoms with Gasteiger partial charge in [-0.05, 0) is 37.5 Å². The van der Waals surface area contributed by atoms with Crippen LogP contribution in [-0.2, 0) is 24.7 Å². The Bertz CT molecular complexity index is 953. The molecule has 0 radical (unpaired) electrons. The second-order valence-corrected chi connectivity index (χ2v) is 10.5. The summed E-state index contributed by atoms with van der Waals surface area (Å²) in [4.78, 5) is 21.7. The van der Waals surface area contributed by atoms with Crippen molar-refractivity contribution in [1.82, 2.24) is 4.31 Å². The highest BCUT2D eigenvalue weighted by molar-refractivity contribution is 7.92. The number of rotatable bonds is 8. The molecule has 2 N–H and O–H groups in total. The van der Waals surface area contributed by atoms with Gasteiger partial charge < -0.3 is 10.2 Å². The monoisotopic (exact) mass is 419 g/mol. The van der Waals surface area contributed by atoms with Gasteiger partial charge in [0, 0.05) is 19.0 Å². The van der Waals surface area contributed by atoms with Crippen molar-refractivity contribution in [3.8, 4) is 0 Å². The topological polar surface area (TPSA) is 146 Å². The third kappa shape index (κ3) is 5.05. The third-order valence-electron chi connectivity index (χ3n) is 4.41. The summed E-state index contributed by atoms with van der Waals surface area (Å²) >= 11 is 0. The van der Waals surface area contributed by atoms with Crippen molar-refractivity contribution in [1.29, 1.82) is 0 Å². The van der Waals surface area contributed by atoms with Crippen LogP contribution >= 0.6 is 0 Å². The Morgan fingerprint density at radius 2 is 1.93 bits per heavy atom. The largest absolute Gasteiger partial charge is 0.481 e. The minimum atomic E-state index is -4.21. The van der Waals surface area contributed by atoms with Crippen LogP contribution in [0.15, 0.2) is 23.1 Å². The lowest BCUT2D eigenvalue weighted by Crippen LogP contribution is -2.42. The summed E-state index contributed by atoms with van der Waals surface area (Å²) in [7, 11) is -7.58. The summed E-state index contributed by atoms with van der Waals surface area (Å²) in [6.45, 7) is 1.35. The van der Waals surface area contributed by atoms with E-state index in [9.17, 15) is 26.4 Å². The van der Waals surface area contributed by atoms with Crippen molar-refractivity contribution in [2.75, 3.05) is 18.1 Å². The summed E-state index contributed by atoms with van der Waals surface area (Å²) in [5.74, 6) is -2.85. The van der Waals surface area contributed by atoms with Crippen molar-refractivity contribution >= 4 is 31.8 Å². The fraction of sp³-hybridized carbons (Fsp3) is 0.500. The fourth-order valence-corrected chi connectivity index (χ4v) is 6.80. The van der Waals surface area contributed by atoms with E-state index in [-0.39, 0.29) is 47.8 Å². The lowest BCUT2D eigenvalue weighted by Gasteiger charge is -2.28. The van der Waals surface area contributed by atoms with E-state index in [2.05, 4.69) is 0 Å². The van der Waals surface area contributed by atoms with Gasteiger partial charge in [-0.25, -0.2) is 21.6 Å². The maximum absolute atomic E-state index is 13.2. The molecule has 1 aromatic rings. The number of carbonyl (C=O) groups is 2. The van der Waals surface area contributed by atoms with E-state index in [1.807, 2.05) is 0 Å². The van der Waals surface area contributed by atoms with Gasteiger partial charge in [0.25, 0.3) is 0 Å². The molecule has 150 valence electrons. The average Bonchev–Trinajstić information content (AvgIpc) is 2.90. The van der Waals surface area contributed by atoms with Gasteiger partial charge in [0.1, 0.15) is 0 Å². The Balaban J connectivity index is 2.45. The first-order valence-corrected chi connectivity index (χ1v) is 11.5. The van der Waals surface area contributed by atoms with Crippen molar-refractivity contribution in [2.45, 2.75) is 37.1 Å². The van der Waals surface area contributed by atoms with E-state index >= 15 is 0 Å². The quantitative estimate of drug-likeness (QED) is 0.627. The minimum absolute atomic E-state index is 0.0166. The predicted molar refractivity (Wildman–Crippen MR) is 96.0 cm³/mol. The molecule has 11 heteroatoms. The highest BCUT2D eigenvalue weighted by Crippen LogP contribution is 2.28. The Kier molecular flexibility index (Phi) is 6.28. The number of carboxylic acids is 2. The Hall–Kier alpha value is -1.98. The number of hydrogen-bond donors (Lipinski definition) is 2. The number of nitrogens with zero attached hydrogens (tertiary/aromatic N) is 1. The molecule has 0 bridgehead atoms. The summed E-state index contributed by atoms with van der Waals surface area (Å²) in [5, 5.41) is 17.9. The van der Waals surface area contributed by atoms with Crippen LogP contribution < -0.4 is 0 Å². The van der Waals surface area contributed by atoms with Crippen LogP contribution in [0.3, 0.4) is 0 Å². The minimum Gasteiger partial charge on any atom is -0.481 e. The lowest BCUT2D eigenvalue weighted by molar-refractivity contribution is -0.137. The molecule has 0 aliphatic carbocycles. The van der Waals surface area contributed by atoms with E-state index in [1.54, 1.807) is 0 Å². The average molecular weight is 419 g/mol. The van der Waals surface area contributed by atoms with Crippen LogP contribution in [-0.4, -0.2) is 67.4 Å². The number of aliphatic carboxylic acids is 1. The maximum atomic E-state index is 13.2. The molecule has 0 aromatic heterocycles. The molecule has 0 amide bonds. The third-order valence-corrected chi connectivity index (χ3v) is 8.25. The SMILES string of the molecule is Cc1ccc(C(=O)O)cc1S(=O)(=O)N(CCCC(=O)O)[C@H]1CCS(=O)(=O)C1. The zero-order valence-corrected chi connectivity index (χ0v) is 16.3. The number of sulfonamides is 1. The van der Waals surface area contributed by atoms with Crippen molar-refractivity contribution in [3.05, 3.63) is 29.3 Å². The van der Waals surface area contributed by atoms with Crippen LogP contribution in [0.4, 0.5) is 0 Å². The molecular formula is C16H21NO8S2. The van der Waals surface area contributed by atoms with Gasteiger partial charge >= 0.3 is 11.9 Å². The van der Waals surface area contributed by atoms with Gasteiger partial charge in [-0.3, -0.25) is 4.79 Å². The molecule has 1 fully saturated rings. The summed E-state index contributed by atoms with van der Waals surface area (Å²) < 4.78 is 51.0. The molecule has 27 heavy (non-hydrogen) atoms. The van der Waals surface area contributed by atoms with Crippen molar-refractivity contribution in [2.24, 2.45) is 0 Å². The summed E-state index contributed by atoms with van der Waals surface area (Å²) in [5.41, 5.74) is 0.118. The first-order chi connectivity index (χ1) is 12.4. The summed E-state index contributed by atoms with van der Waals surface area (Å²) in [6, 6.07) is 2.89. The Labute approximate surface area is 157 Å². The standard InChI is InChI=1S/C16H21NO8S2/c1-11-4-5-12(16(20)21)9-14(11)27(24,25)17(7-2-3-15(18)19)13-6-8-26(22,23)10-13/h4-5,9,13H,2-3,6-8,10H2,1H3,(H,18,19)(H,20,21)/t13-/m0/s1. The zero-order chi connectivity index (χ0) is 20.4. The second kappa shape index (κ2) is 7.95. The molecule has 1 saturated heterocycles. The Morgan fingerprint density at radius 1 is 1.26 bits per heavy atom. The maximum Gasteiger partial charge on any atom is 0.335 e. The molecule has 1 aromatic carbocycles. The van der Waals surface area contributed by atoms with Crippen LogP contribution in [0.1, 0.15) is 35.2 Å². The Morgan fingerprint density at radius 3 is 2.44 bits per heavy atom. The predicted octanol–water partition coefficient (Wildman–Crippen LogP) is 0.736. The van der Waals surface area contributed by atoms with E-state index in [0.717, 1.165) is 10.4 Å². The molecule has 1 heterocycles. The molecular weight excluding hydrogens is 398 g/mol. The number of hydrogen-bond acceptors (Lipinski definition) is 6. The fourth-order valence-electron chi connectivity index (χ4n) is 3.02. The van der Waals surface area contributed by atoms with Gasteiger partial charge in [-0.2, -0.15) is 4.31 Å². The van der Waals surface area contributed by atoms with E-state index < -0.39 is 37.8 Å². The molecule has 0 saturated carbocycles. The molecule has 0 unspecified atom stereocenters. The molecule has 1 aliphatic heterocycles. The molecule has 1 aliphatic rings. The number of sulfone groups is 1. The number of benzene rings is 1. The van der Waals surface area contributed by atoms with Crippen LogP contribution in [0, 0.1) is 6.92 Å². The molecule has 1 atom stereocenters. The first-order valence-electron chi connectivity index (χ1n) is 8.22. The van der Waals surface area contributed by atoms with Gasteiger partial charge in [-0.15, -0.1) is 0 Å². The van der Waals surface area contributed by atoms with E-state index in [0.29, 0.717) is 5.56 Å². The van der Waals surface area contributed by atoms with Crippen molar-refractivity contribution in [3.63, 3.8) is 0 Å². The van der Waals surface area contributed by atoms with Crippen LogP contribution in [0.25, 0.3) is 0 Å². The van der Waals surface area contributed by atoms with Crippen molar-refractivity contribution < 1.29 is 36.6 Å². The van der Waals surface area contributed by atoms with E-state index in [1.165, 1.54) is 19.1 Å². The van der Waals surface area contributed by atoms with Gasteiger partial charge in [0.15, 0.2) is 9.84 Å². The van der Waals surface area contributed by atoms with Gasteiger partial charge in [0.2, 0.25) is 10.0 Å². The first kappa shape index (κ1) is 21.3. The number of aromatic carboxylic acids is 1. The second-order valence-electron chi connectivity index (χ2n) is 6.46. The molecule has 9 nitrogen and oxygen atoms in total. The van der Waals surface area contributed by atoms with Crippen LogP contribution in [0.5, 0.6) is 0 Å². The highest BCUT2D eigenvalue weighted by atomic mass is 32.2. The lowest BCUT2D eigenvalue weighted by atomic mass is 10.1. The van der Waals surface area contributed by atoms with Gasteiger partial charge in [0.05, 0.1) is 22.0 Å². The smallest absolute Gasteiger partial charge is 0.335 e. The molecule has 0 spiro atoms. The van der Waals surface area contributed by atoms with Crippen LogP contribution in [0.2, 0.25) is 0 Å². The number of carboxylic acid groups (broad SMARTS) is 2. The number of aryl methyl sites for hydroxylation is 1. The molecule has 2 rings (SSSR count). The van der Waals surface area contributed by atoms with Gasteiger partial charge in [-0.1, -0.05) is 6.07 Å². The summed E-state index contributed by atoms with van der Waals surface area (Å²) in [6.07, 6.45) is -0.130. The highest BCUT2D eigenvalue weighted by Gasteiger charge is 2.39. The van der Waals surface area contributed by atoms with E-state index in [4.69, 9.17) is 10.2 Å². The zero-order valence-electron chi connectivity index (χ0n) is 14.7.